The van der Waals surface area contributed by atoms with Crippen molar-refractivity contribution in [2.24, 2.45) is 5.92 Å². The number of unbranched alkanes of at least 4 members (excludes halogenated alkanes) is 1. The first-order chi connectivity index (χ1) is 7.07. The summed E-state index contributed by atoms with van der Waals surface area (Å²) in [5, 5.41) is 0. The van der Waals surface area contributed by atoms with E-state index in [9.17, 15) is 0 Å². The fraction of sp³-hybridized carbons (Fsp3) is 0.846. The number of hydrogen-bond acceptors (Lipinski definition) is 2. The Balaban J connectivity index is 2.62. The molecule has 0 aliphatic carbocycles. The molecule has 0 aromatic carbocycles. The summed E-state index contributed by atoms with van der Waals surface area (Å²) in [6.07, 6.45) is 7.65. The van der Waals surface area contributed by atoms with Crippen LogP contribution in [0, 0.1) is 5.92 Å². The summed E-state index contributed by atoms with van der Waals surface area (Å²) in [7, 11) is 0. The van der Waals surface area contributed by atoms with Crippen LogP contribution in [0.15, 0.2) is 12.4 Å². The minimum atomic E-state index is 0.566. The molecule has 1 heterocycles. The van der Waals surface area contributed by atoms with Gasteiger partial charge in [-0.25, -0.2) is 0 Å². The zero-order valence-corrected chi connectivity index (χ0v) is 10.9. The molecule has 1 aliphatic heterocycles. The molecule has 1 rings (SSSR count). The van der Waals surface area contributed by atoms with Crippen LogP contribution in [0.2, 0.25) is 0 Å². The Kier molecular flexibility index (Phi) is 4.49. The molecule has 0 saturated carbocycles. The van der Waals surface area contributed by atoms with E-state index < -0.39 is 0 Å². The quantitative estimate of drug-likeness (QED) is 0.687. The summed E-state index contributed by atoms with van der Waals surface area (Å²) >= 11 is 0. The Bertz CT molecular complexity index is 209. The summed E-state index contributed by atoms with van der Waals surface area (Å²) in [5.41, 5.74) is 0. The molecule has 0 aromatic heterocycles. The summed E-state index contributed by atoms with van der Waals surface area (Å²) in [6.45, 7) is 12.6. The highest BCUT2D eigenvalue weighted by Gasteiger charge is 2.29. The average molecular weight is 210 g/mol. The van der Waals surface area contributed by atoms with Gasteiger partial charge in [0.1, 0.15) is 6.17 Å². The molecule has 0 bridgehead atoms. The second-order valence-corrected chi connectivity index (χ2v) is 5.09. The number of nitrogens with zero attached hydrogens (tertiary/aromatic N) is 2. The lowest BCUT2D eigenvalue weighted by molar-refractivity contribution is 0.0847. The highest BCUT2D eigenvalue weighted by Crippen LogP contribution is 2.24. The molecule has 1 atom stereocenters. The lowest BCUT2D eigenvalue weighted by atomic mass is 10.1. The third kappa shape index (κ3) is 2.90. The summed E-state index contributed by atoms with van der Waals surface area (Å²) in [4.78, 5) is 4.97. The number of rotatable bonds is 5. The molecule has 15 heavy (non-hydrogen) atoms. The molecule has 0 amide bonds. The zero-order chi connectivity index (χ0) is 11.4. The monoisotopic (exact) mass is 210 g/mol. The first-order valence-electron chi connectivity index (χ1n) is 6.29. The number of hydrogen-bond donors (Lipinski definition) is 0. The van der Waals surface area contributed by atoms with E-state index in [-0.39, 0.29) is 0 Å². The van der Waals surface area contributed by atoms with E-state index in [0.717, 1.165) is 0 Å². The van der Waals surface area contributed by atoms with Crippen LogP contribution in [-0.2, 0) is 0 Å². The Morgan fingerprint density at radius 2 is 1.80 bits per heavy atom. The van der Waals surface area contributed by atoms with Crippen LogP contribution < -0.4 is 0 Å². The minimum Gasteiger partial charge on any atom is -0.356 e. The van der Waals surface area contributed by atoms with Crippen LogP contribution in [-0.4, -0.2) is 28.6 Å². The van der Waals surface area contributed by atoms with Crippen LogP contribution in [0.4, 0.5) is 0 Å². The molecule has 0 spiro atoms. The van der Waals surface area contributed by atoms with Gasteiger partial charge in [-0.2, -0.15) is 0 Å². The Morgan fingerprint density at radius 3 is 2.27 bits per heavy atom. The Hall–Kier alpha value is -0.660. The maximum Gasteiger partial charge on any atom is 0.103 e. The van der Waals surface area contributed by atoms with E-state index in [1.54, 1.807) is 0 Å². The standard InChI is InChI=1S/C13H26N2/c1-6-7-8-14-9-10-15(12(4)5)13(14)11(2)3/h9-13H,6-8H2,1-5H3. The van der Waals surface area contributed by atoms with Gasteiger partial charge >= 0.3 is 0 Å². The van der Waals surface area contributed by atoms with Crippen molar-refractivity contribution in [3.05, 3.63) is 12.4 Å². The van der Waals surface area contributed by atoms with E-state index in [0.29, 0.717) is 18.1 Å². The molecule has 2 heteroatoms. The summed E-state index contributed by atoms with van der Waals surface area (Å²) < 4.78 is 0. The largest absolute Gasteiger partial charge is 0.356 e. The van der Waals surface area contributed by atoms with Crippen LogP contribution >= 0.6 is 0 Å². The van der Waals surface area contributed by atoms with Crippen LogP contribution in [0.25, 0.3) is 0 Å². The molecule has 0 N–H and O–H groups in total. The molecule has 2 nitrogen and oxygen atoms in total. The molecule has 88 valence electrons. The van der Waals surface area contributed by atoms with Crippen molar-refractivity contribution in [2.45, 2.75) is 59.7 Å². The third-order valence-corrected chi connectivity index (χ3v) is 3.04. The summed E-state index contributed by atoms with van der Waals surface area (Å²) in [6, 6.07) is 0.597. The second-order valence-electron chi connectivity index (χ2n) is 5.09. The maximum atomic E-state index is 2.49. The molecule has 0 fully saturated rings. The highest BCUT2D eigenvalue weighted by molar-refractivity contribution is 4.99. The SMILES string of the molecule is CCCCN1C=CN(C(C)C)C1C(C)C. The van der Waals surface area contributed by atoms with E-state index in [2.05, 4.69) is 56.8 Å². The van der Waals surface area contributed by atoms with Crippen LogP contribution in [0.3, 0.4) is 0 Å². The van der Waals surface area contributed by atoms with E-state index in [4.69, 9.17) is 0 Å². The molecule has 1 unspecified atom stereocenters. The topological polar surface area (TPSA) is 6.48 Å². The smallest absolute Gasteiger partial charge is 0.103 e. The van der Waals surface area contributed by atoms with Gasteiger partial charge in [-0.1, -0.05) is 27.2 Å². The average Bonchev–Trinajstić information content (AvgIpc) is 2.58. The lowest BCUT2D eigenvalue weighted by Crippen LogP contribution is -2.45. The van der Waals surface area contributed by atoms with Crippen LogP contribution in [0.5, 0.6) is 0 Å². The fourth-order valence-electron chi connectivity index (χ4n) is 2.26. The van der Waals surface area contributed by atoms with Gasteiger partial charge in [0.05, 0.1) is 0 Å². The van der Waals surface area contributed by atoms with Crippen molar-refractivity contribution in [3.8, 4) is 0 Å². The predicted molar refractivity (Wildman–Crippen MR) is 66.4 cm³/mol. The summed E-state index contributed by atoms with van der Waals surface area (Å²) in [5.74, 6) is 0.680. The van der Waals surface area contributed by atoms with Crippen molar-refractivity contribution in [2.75, 3.05) is 6.54 Å². The molecule has 0 aromatic rings. The van der Waals surface area contributed by atoms with Gasteiger partial charge in [-0.15, -0.1) is 0 Å². The molecular weight excluding hydrogens is 184 g/mol. The molecule has 0 saturated heterocycles. The van der Waals surface area contributed by atoms with Crippen molar-refractivity contribution >= 4 is 0 Å². The Morgan fingerprint density at radius 1 is 1.13 bits per heavy atom. The van der Waals surface area contributed by atoms with E-state index in [1.807, 2.05) is 0 Å². The van der Waals surface area contributed by atoms with Crippen molar-refractivity contribution < 1.29 is 0 Å². The van der Waals surface area contributed by atoms with Gasteiger partial charge < -0.3 is 9.80 Å². The maximum absolute atomic E-state index is 2.49. The zero-order valence-electron chi connectivity index (χ0n) is 10.9. The van der Waals surface area contributed by atoms with Crippen molar-refractivity contribution in [1.82, 2.24) is 9.80 Å². The fourth-order valence-corrected chi connectivity index (χ4v) is 2.26. The lowest BCUT2D eigenvalue weighted by Gasteiger charge is -2.38. The van der Waals surface area contributed by atoms with Crippen molar-refractivity contribution in [3.63, 3.8) is 0 Å². The normalized spacial score (nSPS) is 21.1. The van der Waals surface area contributed by atoms with Gasteiger partial charge in [0.2, 0.25) is 0 Å². The highest BCUT2D eigenvalue weighted by atomic mass is 15.4. The second kappa shape index (κ2) is 5.43. The Labute approximate surface area is 94.9 Å². The first kappa shape index (κ1) is 12.4. The van der Waals surface area contributed by atoms with E-state index >= 15 is 0 Å². The van der Waals surface area contributed by atoms with Gasteiger partial charge in [-0.3, -0.25) is 0 Å². The van der Waals surface area contributed by atoms with Gasteiger partial charge in [0, 0.05) is 25.0 Å². The molecule has 0 radical (unpaired) electrons. The van der Waals surface area contributed by atoms with Crippen molar-refractivity contribution in [1.29, 1.82) is 0 Å². The minimum absolute atomic E-state index is 0.566. The first-order valence-corrected chi connectivity index (χ1v) is 6.29. The van der Waals surface area contributed by atoms with Gasteiger partial charge in [-0.05, 0) is 26.2 Å². The third-order valence-electron chi connectivity index (χ3n) is 3.04. The predicted octanol–water partition coefficient (Wildman–Crippen LogP) is 3.27. The van der Waals surface area contributed by atoms with Gasteiger partial charge in [0.25, 0.3) is 0 Å². The molecular formula is C13H26N2. The van der Waals surface area contributed by atoms with E-state index in [1.165, 1.54) is 19.4 Å². The molecule has 1 aliphatic rings. The van der Waals surface area contributed by atoms with Gasteiger partial charge in [0.15, 0.2) is 0 Å². The van der Waals surface area contributed by atoms with Crippen LogP contribution in [0.1, 0.15) is 47.5 Å².